The van der Waals surface area contributed by atoms with Crippen LogP contribution in [0.25, 0.3) is 31.9 Å². The highest BCUT2D eigenvalue weighted by Gasteiger charge is 2.38. The van der Waals surface area contributed by atoms with Crippen molar-refractivity contribution in [3.8, 4) is 17.6 Å². The molecule has 4 rings (SSSR count). The molecule has 258 valence electrons. The number of nitrogens with two attached hydrogens (primary N) is 1. The van der Waals surface area contributed by atoms with E-state index in [9.17, 15) is 9.59 Å². The zero-order chi connectivity index (χ0) is 35.0. The Kier molecular flexibility index (Phi) is 13.8. The number of carbonyl (C=O) groups excluding carboxylic acids is 2. The second kappa shape index (κ2) is 18.6. The number of nitrogens with zero attached hydrogens (tertiary/aromatic N) is 9. The Hall–Kier alpha value is -5.64. The van der Waals surface area contributed by atoms with Gasteiger partial charge in [0.1, 0.15) is 55.8 Å². The second-order valence-corrected chi connectivity index (χ2v) is 10.2. The highest BCUT2D eigenvalue weighted by atomic mass is 16.6. The molecular weight excluding hydrogens is 642 g/mol. The van der Waals surface area contributed by atoms with Crippen LogP contribution >= 0.6 is 0 Å². The molecule has 20 nitrogen and oxygen atoms in total. The summed E-state index contributed by atoms with van der Waals surface area (Å²) in [7, 11) is 3.25. The van der Waals surface area contributed by atoms with Gasteiger partial charge < -0.3 is 49.9 Å². The monoisotopic (exact) mass is 677 g/mol. The fourth-order valence-corrected chi connectivity index (χ4v) is 4.78. The number of carbonyl (C=O) groups is 2. The van der Waals surface area contributed by atoms with Crippen molar-refractivity contribution in [3.05, 3.63) is 68.8 Å². The minimum atomic E-state index is -1.12. The number of rotatable bonds is 17. The van der Waals surface area contributed by atoms with Crippen LogP contribution in [0.3, 0.4) is 0 Å². The number of methoxy groups -OCH3 is 1. The van der Waals surface area contributed by atoms with Crippen molar-refractivity contribution in [1.82, 2.24) is 30.5 Å². The first-order chi connectivity index (χ1) is 23.9. The SMILES string of the molecule is CNCNC(=O)c1cccc(OCC(N=[N+]=[N-])OCC(=O)NCC#Cc2cn(C3CC(OCN=[N+]=[N-])C(COC)O3)c3ncnc(N)c23)c1. The number of aromatic nitrogens is 3. The van der Waals surface area contributed by atoms with E-state index in [1.807, 2.05) is 0 Å². The summed E-state index contributed by atoms with van der Waals surface area (Å²) in [5.41, 5.74) is 25.1. The zero-order valence-electron chi connectivity index (χ0n) is 26.7. The van der Waals surface area contributed by atoms with Crippen LogP contribution in [-0.2, 0) is 23.7 Å². The van der Waals surface area contributed by atoms with E-state index >= 15 is 0 Å². The molecule has 1 aliphatic rings. The number of fused-ring (bicyclic) bond motifs is 1. The van der Waals surface area contributed by atoms with Gasteiger partial charge in [0.05, 0.1) is 36.9 Å². The third kappa shape index (κ3) is 10.2. The van der Waals surface area contributed by atoms with Gasteiger partial charge in [-0.1, -0.05) is 28.1 Å². The first-order valence-electron chi connectivity index (χ1n) is 14.8. The minimum Gasteiger partial charge on any atom is -0.491 e. The van der Waals surface area contributed by atoms with Gasteiger partial charge in [0.2, 0.25) is 5.91 Å². The zero-order valence-corrected chi connectivity index (χ0v) is 26.7. The van der Waals surface area contributed by atoms with Gasteiger partial charge in [-0.15, -0.1) is 0 Å². The molecule has 49 heavy (non-hydrogen) atoms. The van der Waals surface area contributed by atoms with Crippen LogP contribution < -0.4 is 26.4 Å². The van der Waals surface area contributed by atoms with Crippen LogP contribution in [0.15, 0.2) is 47.0 Å². The van der Waals surface area contributed by atoms with E-state index in [1.165, 1.54) is 12.4 Å². The molecule has 1 saturated heterocycles. The van der Waals surface area contributed by atoms with Crippen molar-refractivity contribution < 1.29 is 33.3 Å². The molecule has 0 radical (unpaired) electrons. The number of amides is 2. The Morgan fingerprint density at radius 2 is 2.12 bits per heavy atom. The molecule has 1 fully saturated rings. The fraction of sp³-hybridized carbons (Fsp3) is 0.448. The molecule has 2 amide bonds. The lowest BCUT2D eigenvalue weighted by atomic mass is 10.2. The van der Waals surface area contributed by atoms with Gasteiger partial charge in [-0.2, -0.15) is 0 Å². The first-order valence-corrected chi connectivity index (χ1v) is 14.8. The van der Waals surface area contributed by atoms with Crippen LogP contribution in [0, 0.1) is 11.8 Å². The number of nitrogen functional groups attached to an aromatic ring is 1. The normalized spacial score (nSPS) is 17.2. The Bertz CT molecular complexity index is 1760. The second-order valence-electron chi connectivity index (χ2n) is 10.2. The maximum absolute atomic E-state index is 12.5. The highest BCUT2D eigenvalue weighted by Crippen LogP contribution is 2.35. The van der Waals surface area contributed by atoms with Crippen LogP contribution in [0.2, 0.25) is 0 Å². The van der Waals surface area contributed by atoms with Gasteiger partial charge in [0.25, 0.3) is 5.91 Å². The van der Waals surface area contributed by atoms with Gasteiger partial charge in [-0.3, -0.25) is 9.59 Å². The molecular formula is C29H35N13O7. The predicted molar refractivity (Wildman–Crippen MR) is 173 cm³/mol. The van der Waals surface area contributed by atoms with Gasteiger partial charge in [0, 0.05) is 35.1 Å². The standard InChI is InChI=1S/C29H35N13O7/c1-33-15-37-29(44)18-5-3-7-20(9-18)46-14-24(39-41-32)47-13-23(43)34-8-4-6-19-11-42(28-26(19)27(30)35-16-36-28)25-10-21(48-17-38-40-31)22(49-25)12-45-2/h3,5,7,9,11,16,21-22,24-25,33H,8,10,12-15,17H2,1-2H3,(H,34,43)(H,37,44)(H2,30,35,36). The number of ether oxygens (including phenoxy) is 5. The van der Waals surface area contributed by atoms with E-state index in [2.05, 4.69) is 57.8 Å². The number of hydrogen-bond donors (Lipinski definition) is 4. The molecule has 4 unspecified atom stereocenters. The van der Waals surface area contributed by atoms with Crippen LogP contribution in [0.4, 0.5) is 5.82 Å². The topological polar surface area (TPSA) is 271 Å². The molecule has 5 N–H and O–H groups in total. The van der Waals surface area contributed by atoms with E-state index in [4.69, 9.17) is 40.5 Å². The van der Waals surface area contributed by atoms with E-state index in [0.29, 0.717) is 41.0 Å². The molecule has 1 aromatic carbocycles. The quantitative estimate of drug-likeness (QED) is 0.0525. The third-order valence-corrected chi connectivity index (χ3v) is 6.97. The van der Waals surface area contributed by atoms with Crippen molar-refractivity contribution in [3.63, 3.8) is 0 Å². The molecule has 0 spiro atoms. The average Bonchev–Trinajstić information content (AvgIpc) is 3.68. The summed E-state index contributed by atoms with van der Waals surface area (Å²) >= 11 is 0. The van der Waals surface area contributed by atoms with Gasteiger partial charge in [-0.05, 0) is 36.3 Å². The third-order valence-electron chi connectivity index (χ3n) is 6.97. The Balaban J connectivity index is 1.34. The van der Waals surface area contributed by atoms with Gasteiger partial charge in [-0.25, -0.2) is 9.97 Å². The fourth-order valence-electron chi connectivity index (χ4n) is 4.78. The summed E-state index contributed by atoms with van der Waals surface area (Å²) in [6.45, 7) is -0.288. The molecule has 20 heteroatoms. The largest absolute Gasteiger partial charge is 0.491 e. The number of benzene rings is 1. The van der Waals surface area contributed by atoms with Crippen LogP contribution in [-0.4, -0.2) is 98.7 Å². The smallest absolute Gasteiger partial charge is 0.252 e. The lowest BCUT2D eigenvalue weighted by molar-refractivity contribution is -0.127. The summed E-state index contributed by atoms with van der Waals surface area (Å²) in [6, 6.07) is 6.42. The molecule has 0 aliphatic carbocycles. The summed E-state index contributed by atoms with van der Waals surface area (Å²) < 4.78 is 30.0. The van der Waals surface area contributed by atoms with E-state index in [1.54, 1.807) is 43.1 Å². The Morgan fingerprint density at radius 1 is 1.27 bits per heavy atom. The minimum absolute atomic E-state index is 0.0429. The number of anilines is 1. The lowest BCUT2D eigenvalue weighted by Gasteiger charge is -2.17. The molecule has 0 bridgehead atoms. The molecule has 3 aromatic rings. The summed E-state index contributed by atoms with van der Waals surface area (Å²) in [6.07, 6.45) is 1.01. The Morgan fingerprint density at radius 3 is 2.90 bits per heavy atom. The highest BCUT2D eigenvalue weighted by molar-refractivity contribution is 5.94. The van der Waals surface area contributed by atoms with E-state index in [0.717, 1.165) is 0 Å². The van der Waals surface area contributed by atoms with Crippen molar-refractivity contribution in [1.29, 1.82) is 0 Å². The van der Waals surface area contributed by atoms with Crippen molar-refractivity contribution >= 4 is 28.7 Å². The van der Waals surface area contributed by atoms with Crippen molar-refractivity contribution in [2.24, 2.45) is 10.2 Å². The Labute approximate surface area is 279 Å². The van der Waals surface area contributed by atoms with Crippen molar-refractivity contribution in [2.45, 2.75) is 31.1 Å². The van der Waals surface area contributed by atoms with Gasteiger partial charge >= 0.3 is 0 Å². The first kappa shape index (κ1) is 36.2. The summed E-state index contributed by atoms with van der Waals surface area (Å²) in [5, 5.41) is 15.6. The summed E-state index contributed by atoms with van der Waals surface area (Å²) in [5.74, 6) is 5.61. The maximum Gasteiger partial charge on any atom is 0.252 e. The average molecular weight is 678 g/mol. The lowest BCUT2D eigenvalue weighted by Crippen LogP contribution is -2.32. The number of hydrogen-bond acceptors (Lipinski definition) is 13. The maximum atomic E-state index is 12.5. The summed E-state index contributed by atoms with van der Waals surface area (Å²) in [4.78, 5) is 38.6. The molecule has 0 saturated carbocycles. The molecule has 1 aliphatic heterocycles. The predicted octanol–water partition coefficient (Wildman–Crippen LogP) is 1.71. The number of azide groups is 2. The van der Waals surface area contributed by atoms with E-state index in [-0.39, 0.29) is 38.2 Å². The molecule has 2 aromatic heterocycles. The van der Waals surface area contributed by atoms with E-state index < -0.39 is 37.2 Å². The van der Waals surface area contributed by atoms with Crippen LogP contribution in [0.1, 0.15) is 28.6 Å². The molecule has 3 heterocycles. The van der Waals surface area contributed by atoms with Crippen molar-refractivity contribution in [2.75, 3.05) is 59.7 Å². The van der Waals surface area contributed by atoms with Crippen LogP contribution in [0.5, 0.6) is 5.75 Å². The molecule has 4 atom stereocenters. The number of nitrogens with one attached hydrogen (secondary N) is 3. The van der Waals surface area contributed by atoms with Gasteiger partial charge in [0.15, 0.2) is 6.23 Å².